The maximum absolute atomic E-state index is 13.0. The van der Waals surface area contributed by atoms with E-state index in [-0.39, 0.29) is 12.5 Å². The number of thiophene rings is 1. The summed E-state index contributed by atoms with van der Waals surface area (Å²) in [7, 11) is 3.09. The maximum atomic E-state index is 13.0. The van der Waals surface area contributed by atoms with Gasteiger partial charge < -0.3 is 24.3 Å². The van der Waals surface area contributed by atoms with Gasteiger partial charge in [0, 0.05) is 10.4 Å². The quantitative estimate of drug-likeness (QED) is 0.186. The van der Waals surface area contributed by atoms with Crippen LogP contribution in [0.4, 0.5) is 5.00 Å². The number of amides is 2. The molecule has 1 aliphatic rings. The number of methoxy groups -OCH3 is 2. The molecule has 0 saturated heterocycles. The third-order valence-corrected chi connectivity index (χ3v) is 7.68. The van der Waals surface area contributed by atoms with Gasteiger partial charge in [0.05, 0.1) is 32.6 Å². The number of ether oxygens (including phenoxy) is 4. The molecule has 3 aromatic rings. The van der Waals surface area contributed by atoms with Crippen molar-refractivity contribution in [3.05, 3.63) is 69.6 Å². The Kier molecular flexibility index (Phi) is 9.96. The number of fused-ring (bicyclic) bond motifs is 1. The van der Waals surface area contributed by atoms with Crippen LogP contribution in [-0.4, -0.2) is 50.9 Å². The molecule has 216 valence electrons. The number of nitrogens with one attached hydrogen (secondary N) is 2. The third-order valence-electron chi connectivity index (χ3n) is 6.47. The van der Waals surface area contributed by atoms with Crippen LogP contribution in [0.3, 0.4) is 0 Å². The summed E-state index contributed by atoms with van der Waals surface area (Å²) in [5.41, 5.74) is 5.00. The van der Waals surface area contributed by atoms with Crippen LogP contribution in [0.15, 0.2) is 47.6 Å². The Hall–Kier alpha value is -4.38. The molecule has 0 unspecified atom stereocenters. The van der Waals surface area contributed by atoms with Crippen LogP contribution in [0.25, 0.3) is 0 Å². The minimum Gasteiger partial charge on any atom is -0.493 e. The van der Waals surface area contributed by atoms with Crippen LogP contribution in [0.5, 0.6) is 17.2 Å². The number of hydrazone groups is 1. The Balaban J connectivity index is 1.35. The van der Waals surface area contributed by atoms with Gasteiger partial charge in [-0.25, -0.2) is 10.2 Å². The van der Waals surface area contributed by atoms with Crippen LogP contribution in [0, 0.1) is 0 Å². The smallest absolute Gasteiger partial charge is 0.341 e. The van der Waals surface area contributed by atoms with Gasteiger partial charge in [0.15, 0.2) is 17.6 Å². The number of hydrogen-bond acceptors (Lipinski definition) is 9. The molecule has 2 aromatic carbocycles. The van der Waals surface area contributed by atoms with Crippen molar-refractivity contribution in [2.45, 2.75) is 45.6 Å². The average molecular weight is 580 g/mol. The van der Waals surface area contributed by atoms with E-state index in [1.165, 1.54) is 24.7 Å². The van der Waals surface area contributed by atoms with Gasteiger partial charge in [-0.15, -0.1) is 11.3 Å². The number of hydrogen-bond donors (Lipinski definition) is 2. The lowest BCUT2D eigenvalue weighted by molar-refractivity contribution is -0.127. The van der Waals surface area contributed by atoms with Crippen LogP contribution in [0.2, 0.25) is 0 Å². The van der Waals surface area contributed by atoms with Crippen molar-refractivity contribution in [2.75, 3.05) is 26.1 Å². The van der Waals surface area contributed by atoms with Crippen molar-refractivity contribution in [3.63, 3.8) is 0 Å². The molecule has 0 spiro atoms. The van der Waals surface area contributed by atoms with E-state index in [4.69, 9.17) is 18.9 Å². The predicted octanol–water partition coefficient (Wildman–Crippen LogP) is 4.99. The van der Waals surface area contributed by atoms with Gasteiger partial charge in [0.1, 0.15) is 10.8 Å². The Morgan fingerprint density at radius 1 is 1.02 bits per heavy atom. The first-order valence-electron chi connectivity index (χ1n) is 13.3. The van der Waals surface area contributed by atoms with Crippen molar-refractivity contribution in [1.29, 1.82) is 0 Å². The van der Waals surface area contributed by atoms with E-state index in [1.807, 2.05) is 0 Å². The molecular formula is C30H33N3O7S. The lowest BCUT2D eigenvalue weighted by Crippen LogP contribution is -2.33. The zero-order valence-electron chi connectivity index (χ0n) is 23.4. The number of benzene rings is 2. The molecule has 0 radical (unpaired) electrons. The summed E-state index contributed by atoms with van der Waals surface area (Å²) < 4.78 is 21.5. The van der Waals surface area contributed by atoms with E-state index < -0.39 is 18.0 Å². The van der Waals surface area contributed by atoms with Crippen molar-refractivity contribution in [2.24, 2.45) is 5.10 Å². The summed E-state index contributed by atoms with van der Waals surface area (Å²) >= 11 is 1.44. The van der Waals surface area contributed by atoms with E-state index in [2.05, 4.69) is 15.8 Å². The fourth-order valence-corrected chi connectivity index (χ4v) is 5.66. The summed E-state index contributed by atoms with van der Waals surface area (Å²) in [5, 5.41) is 7.39. The number of nitrogens with zero attached hydrogens (tertiary/aromatic N) is 1. The van der Waals surface area contributed by atoms with Gasteiger partial charge in [-0.3, -0.25) is 9.59 Å². The SMILES string of the molecule is CCOC(=O)c1c(NC(=O)c2ccc(O[C@@H](C)C(=O)N/N=C\c3ccc(OC)c(OC)c3)cc2)sc2c1CCCC2. The van der Waals surface area contributed by atoms with Crippen molar-refractivity contribution < 1.29 is 33.3 Å². The molecular weight excluding hydrogens is 546 g/mol. The van der Waals surface area contributed by atoms with E-state index in [0.717, 1.165) is 36.1 Å². The van der Waals surface area contributed by atoms with Crippen LogP contribution >= 0.6 is 11.3 Å². The predicted molar refractivity (Wildman–Crippen MR) is 157 cm³/mol. The summed E-state index contributed by atoms with van der Waals surface area (Å²) in [5.74, 6) is 0.335. The van der Waals surface area contributed by atoms with Gasteiger partial charge in [0.25, 0.3) is 11.8 Å². The molecule has 41 heavy (non-hydrogen) atoms. The highest BCUT2D eigenvalue weighted by Crippen LogP contribution is 2.39. The first-order chi connectivity index (χ1) is 19.8. The Morgan fingerprint density at radius 2 is 1.76 bits per heavy atom. The van der Waals surface area contributed by atoms with Gasteiger partial charge in [-0.2, -0.15) is 5.10 Å². The molecule has 0 aliphatic heterocycles. The highest BCUT2D eigenvalue weighted by atomic mass is 32.1. The second kappa shape index (κ2) is 13.8. The standard InChI is InChI=1S/C30H33N3O7S/c1-5-39-30(36)26-22-8-6-7-9-25(22)41-29(26)32-28(35)20-11-13-21(14-12-20)40-18(2)27(34)33-31-17-19-10-15-23(37-3)24(16-19)38-4/h10-18H,5-9H2,1-4H3,(H,32,35)(H,33,34)/b31-17-/t18-/m0/s1. The molecule has 11 heteroatoms. The molecule has 4 rings (SSSR count). The number of carbonyl (C=O) groups is 3. The summed E-state index contributed by atoms with van der Waals surface area (Å²) in [6.45, 7) is 3.62. The van der Waals surface area contributed by atoms with Gasteiger partial charge >= 0.3 is 5.97 Å². The molecule has 1 heterocycles. The zero-order chi connectivity index (χ0) is 29.4. The number of rotatable bonds is 11. The summed E-state index contributed by atoms with van der Waals surface area (Å²) in [4.78, 5) is 39.3. The van der Waals surface area contributed by atoms with Crippen LogP contribution in [-0.2, 0) is 22.4 Å². The Morgan fingerprint density at radius 3 is 2.46 bits per heavy atom. The summed E-state index contributed by atoms with van der Waals surface area (Å²) in [6.07, 6.45) is 4.40. The molecule has 1 aromatic heterocycles. The van der Waals surface area contributed by atoms with Crippen LogP contribution in [0.1, 0.15) is 63.4 Å². The fourth-order valence-electron chi connectivity index (χ4n) is 4.39. The molecule has 2 amide bonds. The first kappa shape index (κ1) is 29.6. The van der Waals surface area contributed by atoms with Gasteiger partial charge in [-0.05, 0) is 93.1 Å². The Labute approximate surface area is 242 Å². The molecule has 2 N–H and O–H groups in total. The zero-order valence-corrected chi connectivity index (χ0v) is 24.3. The second-order valence-electron chi connectivity index (χ2n) is 9.22. The molecule has 10 nitrogen and oxygen atoms in total. The second-order valence-corrected chi connectivity index (χ2v) is 10.3. The first-order valence-corrected chi connectivity index (χ1v) is 14.1. The van der Waals surface area contributed by atoms with Crippen molar-refractivity contribution >= 4 is 40.3 Å². The molecule has 1 atom stereocenters. The number of anilines is 1. The topological polar surface area (TPSA) is 125 Å². The van der Waals surface area contributed by atoms with Gasteiger partial charge in [-0.1, -0.05) is 0 Å². The molecule has 0 bridgehead atoms. The third kappa shape index (κ3) is 7.23. The summed E-state index contributed by atoms with van der Waals surface area (Å²) in [6, 6.07) is 11.7. The molecule has 0 saturated carbocycles. The van der Waals surface area contributed by atoms with E-state index in [0.29, 0.717) is 38.9 Å². The largest absolute Gasteiger partial charge is 0.493 e. The highest BCUT2D eigenvalue weighted by molar-refractivity contribution is 7.17. The molecule has 0 fully saturated rings. The fraction of sp³-hybridized carbons (Fsp3) is 0.333. The van der Waals surface area contributed by atoms with Crippen molar-refractivity contribution in [1.82, 2.24) is 5.43 Å². The van der Waals surface area contributed by atoms with Crippen molar-refractivity contribution in [3.8, 4) is 17.2 Å². The van der Waals surface area contributed by atoms with E-state index in [9.17, 15) is 14.4 Å². The number of carbonyl (C=O) groups excluding carboxylic acids is 3. The average Bonchev–Trinajstić information content (AvgIpc) is 3.35. The highest BCUT2D eigenvalue weighted by Gasteiger charge is 2.27. The maximum Gasteiger partial charge on any atom is 0.341 e. The van der Waals surface area contributed by atoms with Crippen LogP contribution < -0.4 is 25.0 Å². The number of aryl methyl sites for hydroxylation is 1. The monoisotopic (exact) mass is 579 g/mol. The number of esters is 1. The minimum atomic E-state index is -0.846. The normalized spacial score (nSPS) is 13.2. The van der Waals surface area contributed by atoms with E-state index in [1.54, 1.807) is 63.4 Å². The Bertz CT molecular complexity index is 1430. The van der Waals surface area contributed by atoms with E-state index >= 15 is 0 Å². The minimum absolute atomic E-state index is 0.263. The lowest BCUT2D eigenvalue weighted by Gasteiger charge is -2.13. The molecule has 1 aliphatic carbocycles. The van der Waals surface area contributed by atoms with Gasteiger partial charge in [0.2, 0.25) is 0 Å². The lowest BCUT2D eigenvalue weighted by atomic mass is 9.95.